The van der Waals surface area contributed by atoms with E-state index in [1.165, 1.54) is 0 Å². The largest absolute Gasteiger partial charge is 0.379 e. The number of benzene rings is 2. The van der Waals surface area contributed by atoms with Gasteiger partial charge in [-0.3, -0.25) is 9.69 Å². The second-order valence-electron chi connectivity index (χ2n) is 9.22. The van der Waals surface area contributed by atoms with Crippen molar-refractivity contribution in [2.45, 2.75) is 44.6 Å². The first-order valence-electron chi connectivity index (χ1n) is 11.5. The van der Waals surface area contributed by atoms with Crippen LogP contribution in [0.15, 0.2) is 59.5 Å². The van der Waals surface area contributed by atoms with Gasteiger partial charge in [0.25, 0.3) is 0 Å². The zero-order valence-electron chi connectivity index (χ0n) is 21.6. The highest BCUT2D eigenvalue weighted by molar-refractivity contribution is 7.83. The monoisotopic (exact) mass is 502 g/mol. The molecule has 2 rings (SSSR count). The van der Waals surface area contributed by atoms with E-state index in [0.29, 0.717) is 24.1 Å². The third-order valence-corrected chi connectivity index (χ3v) is 6.52. The summed E-state index contributed by atoms with van der Waals surface area (Å²) in [6.07, 6.45) is 1.78. The van der Waals surface area contributed by atoms with Gasteiger partial charge in [0.05, 0.1) is 29.5 Å². The number of hydrogen-bond acceptors (Lipinski definition) is 6. The molecular weight excluding hydrogens is 464 g/mol. The Morgan fingerprint density at radius 1 is 1.00 bits per heavy atom. The van der Waals surface area contributed by atoms with Crippen LogP contribution in [0.5, 0.6) is 0 Å². The topological polar surface area (TPSA) is 84.0 Å². The van der Waals surface area contributed by atoms with Crippen LogP contribution in [0.2, 0.25) is 0 Å². The van der Waals surface area contributed by atoms with Crippen LogP contribution in [0.1, 0.15) is 31.9 Å². The van der Waals surface area contributed by atoms with Crippen LogP contribution < -0.4 is 0 Å². The fourth-order valence-electron chi connectivity index (χ4n) is 3.00. The van der Waals surface area contributed by atoms with Crippen molar-refractivity contribution in [2.24, 2.45) is 5.92 Å². The maximum atomic E-state index is 13.3. The zero-order chi connectivity index (χ0) is 26.4. The molecule has 8 heteroatoms. The van der Waals surface area contributed by atoms with E-state index in [9.17, 15) is 18.6 Å². The average molecular weight is 503 g/mol. The average Bonchev–Trinajstić information content (AvgIpc) is 2.82. The zero-order valence-corrected chi connectivity index (χ0v) is 22.4. The normalized spacial score (nSPS) is 12.8. The van der Waals surface area contributed by atoms with Gasteiger partial charge < -0.3 is 14.3 Å². The third-order valence-electron chi connectivity index (χ3n) is 5.11. The van der Waals surface area contributed by atoms with E-state index >= 15 is 0 Å². The van der Waals surface area contributed by atoms with Gasteiger partial charge >= 0.3 is 0 Å². The Labute approximate surface area is 212 Å². The fraction of sp³-hybridized carbons (Fsp3) is 0.444. The highest BCUT2D eigenvalue weighted by Gasteiger charge is 2.30. The van der Waals surface area contributed by atoms with Crippen LogP contribution in [-0.2, 0) is 36.5 Å². The van der Waals surface area contributed by atoms with Crippen LogP contribution in [0.25, 0.3) is 0 Å². The van der Waals surface area contributed by atoms with Gasteiger partial charge in [0.2, 0.25) is 5.91 Å². The molecule has 2 aromatic carbocycles. The minimum atomic E-state index is -1.79. The minimum absolute atomic E-state index is 0.0417. The number of carbonyl (C=O) groups is 3. The number of amides is 1. The van der Waals surface area contributed by atoms with Crippen molar-refractivity contribution in [2.75, 3.05) is 33.8 Å². The molecule has 192 valence electrons. The molecule has 0 saturated heterocycles. The Hall–Kier alpha value is -2.68. The van der Waals surface area contributed by atoms with Gasteiger partial charge in [0.15, 0.2) is 11.0 Å². The number of ether oxygens (including phenoxy) is 1. The SMILES string of the molecule is COC(C)(C)C.Cc1ccc(S(=O)N(CC=O)C(=O)C(Cc2ccccc2)CN(C)CC=O)cc1. The van der Waals surface area contributed by atoms with Gasteiger partial charge in [-0.25, -0.2) is 8.51 Å². The van der Waals surface area contributed by atoms with E-state index in [0.717, 1.165) is 21.7 Å². The van der Waals surface area contributed by atoms with Crippen molar-refractivity contribution in [1.29, 1.82) is 0 Å². The molecule has 0 spiro atoms. The number of likely N-dealkylation sites (N-methyl/N-ethyl adjacent to an activating group) is 1. The quantitative estimate of drug-likeness (QED) is 0.438. The lowest BCUT2D eigenvalue weighted by Crippen LogP contribution is -2.43. The molecule has 2 atom stereocenters. The number of nitrogens with zero attached hydrogens (tertiary/aromatic N) is 2. The molecule has 0 saturated carbocycles. The number of methoxy groups -OCH3 is 1. The molecule has 1 amide bonds. The maximum absolute atomic E-state index is 13.3. The Morgan fingerprint density at radius 2 is 1.54 bits per heavy atom. The predicted octanol–water partition coefficient (Wildman–Crippen LogP) is 3.47. The molecule has 7 nitrogen and oxygen atoms in total. The molecule has 0 heterocycles. The highest BCUT2D eigenvalue weighted by atomic mass is 32.2. The number of carbonyl (C=O) groups excluding carboxylic acids is 3. The lowest BCUT2D eigenvalue weighted by molar-refractivity contribution is -0.132. The van der Waals surface area contributed by atoms with Crippen LogP contribution in [0, 0.1) is 12.8 Å². The van der Waals surface area contributed by atoms with Gasteiger partial charge in [0, 0.05) is 13.7 Å². The molecule has 0 fully saturated rings. The van der Waals surface area contributed by atoms with Crippen molar-refractivity contribution < 1.29 is 23.3 Å². The van der Waals surface area contributed by atoms with Crippen LogP contribution >= 0.6 is 0 Å². The van der Waals surface area contributed by atoms with Crippen molar-refractivity contribution in [3.8, 4) is 0 Å². The summed E-state index contributed by atoms with van der Waals surface area (Å²) in [5.74, 6) is -0.922. The summed E-state index contributed by atoms with van der Waals surface area (Å²) >= 11 is 0. The first kappa shape index (κ1) is 30.4. The summed E-state index contributed by atoms with van der Waals surface area (Å²) in [6.45, 7) is 8.22. The summed E-state index contributed by atoms with van der Waals surface area (Å²) in [6, 6.07) is 16.5. The molecular formula is C27H38N2O5S. The van der Waals surface area contributed by atoms with Gasteiger partial charge in [-0.2, -0.15) is 0 Å². The second kappa shape index (κ2) is 15.3. The summed E-state index contributed by atoms with van der Waals surface area (Å²) in [4.78, 5) is 37.6. The lowest BCUT2D eigenvalue weighted by Gasteiger charge is -2.27. The third kappa shape index (κ3) is 11.5. The first-order valence-corrected chi connectivity index (χ1v) is 12.6. The maximum Gasteiger partial charge on any atom is 0.239 e. The van der Waals surface area contributed by atoms with Crippen LogP contribution in [-0.4, -0.2) is 71.3 Å². The molecule has 0 bridgehead atoms. The van der Waals surface area contributed by atoms with E-state index in [4.69, 9.17) is 4.74 Å². The smallest absolute Gasteiger partial charge is 0.239 e. The Balaban J connectivity index is 0.000000905. The summed E-state index contributed by atoms with van der Waals surface area (Å²) in [5.41, 5.74) is 2.01. The van der Waals surface area contributed by atoms with Gasteiger partial charge in [-0.15, -0.1) is 0 Å². The fourth-order valence-corrected chi connectivity index (χ4v) is 4.13. The first-order chi connectivity index (χ1) is 16.5. The molecule has 0 aliphatic rings. The summed E-state index contributed by atoms with van der Waals surface area (Å²) < 4.78 is 19.1. The molecule has 0 aromatic heterocycles. The molecule has 2 aromatic rings. The number of aryl methyl sites for hydroxylation is 1. The minimum Gasteiger partial charge on any atom is -0.379 e. The number of aldehydes is 2. The van der Waals surface area contributed by atoms with E-state index in [1.807, 2.05) is 70.2 Å². The van der Waals surface area contributed by atoms with E-state index < -0.39 is 16.9 Å². The van der Waals surface area contributed by atoms with Crippen LogP contribution in [0.3, 0.4) is 0 Å². The molecule has 0 N–H and O–H groups in total. The Bertz CT molecular complexity index is 942. The molecule has 2 unspecified atom stereocenters. The molecule has 35 heavy (non-hydrogen) atoms. The van der Waals surface area contributed by atoms with E-state index in [1.54, 1.807) is 31.2 Å². The van der Waals surface area contributed by atoms with Crippen molar-refractivity contribution in [1.82, 2.24) is 9.21 Å². The van der Waals surface area contributed by atoms with Crippen molar-refractivity contribution in [3.63, 3.8) is 0 Å². The van der Waals surface area contributed by atoms with Gasteiger partial charge in [-0.1, -0.05) is 48.0 Å². The number of rotatable bonds is 11. The molecule has 0 radical (unpaired) electrons. The van der Waals surface area contributed by atoms with E-state index in [-0.39, 0.29) is 24.6 Å². The lowest BCUT2D eigenvalue weighted by atomic mass is 9.98. The van der Waals surface area contributed by atoms with Gasteiger partial charge in [0.1, 0.15) is 12.6 Å². The highest BCUT2D eigenvalue weighted by Crippen LogP contribution is 2.18. The Kier molecular flexibility index (Phi) is 13.3. The predicted molar refractivity (Wildman–Crippen MR) is 139 cm³/mol. The summed E-state index contributed by atoms with van der Waals surface area (Å²) in [7, 11) is 1.67. The Morgan fingerprint density at radius 3 is 2.03 bits per heavy atom. The van der Waals surface area contributed by atoms with E-state index in [2.05, 4.69) is 0 Å². The van der Waals surface area contributed by atoms with Crippen LogP contribution in [0.4, 0.5) is 0 Å². The standard InChI is InChI=1S/C22H26N2O4S.C5H12O/c1-18-8-10-21(11-9-18)29(28)24(13-15-26)22(27)20(17-23(2)12-14-25)16-19-6-4-3-5-7-19;1-5(2,3)6-4/h3-11,14-15,20H,12-13,16-17H2,1-2H3;1-4H3. The van der Waals surface area contributed by atoms with Crippen molar-refractivity contribution in [3.05, 3.63) is 65.7 Å². The second-order valence-corrected chi connectivity index (χ2v) is 10.6. The molecule has 0 aliphatic heterocycles. The summed E-state index contributed by atoms with van der Waals surface area (Å²) in [5, 5.41) is 0. The van der Waals surface area contributed by atoms with Crippen molar-refractivity contribution >= 4 is 29.5 Å². The molecule has 0 aliphatic carbocycles. The number of hydrogen-bond donors (Lipinski definition) is 0. The van der Waals surface area contributed by atoms with Gasteiger partial charge in [-0.05, 0) is 58.9 Å².